The molecule has 0 aliphatic carbocycles. The molecule has 1 rings (SSSR count). The molecule has 2 atom stereocenters. The fraction of sp³-hybridized carbons (Fsp3) is 0.611. The molecule has 2 amide bonds. The number of anilines is 1. The Morgan fingerprint density at radius 2 is 0.943 bits per heavy atom. The molecule has 1 aromatic carbocycles. The summed E-state index contributed by atoms with van der Waals surface area (Å²) in [5, 5.41) is 7.84. The Kier molecular flexibility index (Phi) is 17.9. The molecule has 296 valence electrons. The maximum Gasteiger partial charge on any atom is 0.331 e. The molecule has 1 aromatic rings. The van der Waals surface area contributed by atoms with E-state index in [0.29, 0.717) is 0 Å². The fourth-order valence-electron chi connectivity index (χ4n) is 3.69. The highest BCUT2D eigenvalue weighted by molar-refractivity contribution is 5.97. The van der Waals surface area contributed by atoms with Gasteiger partial charge >= 0.3 is 35.8 Å². The standard InChI is InChI=1S/C36H53N3O14/c1-34(2,3)31(45)51-19-48-27(41)18-16-24(29(43)49-20-52-32(46)35(4,5)6)38-26(40)17-15-25(30(44)50-21-53-33(47)36(7,8)9)39-28(42)22-11-13-23(37-10)14-12-22/h11-14,24-25,37H,15-21H2,1-10H3,(H,38,40)(H,39,42)/t24-,25-/m0/s1. The third kappa shape index (κ3) is 17.7. The lowest BCUT2D eigenvalue weighted by Crippen LogP contribution is -2.45. The van der Waals surface area contributed by atoms with E-state index in [9.17, 15) is 38.4 Å². The van der Waals surface area contributed by atoms with E-state index in [1.807, 2.05) is 0 Å². The van der Waals surface area contributed by atoms with Crippen LogP contribution in [0.5, 0.6) is 0 Å². The number of carbonyl (C=O) groups excluding carboxylic acids is 8. The normalized spacial score (nSPS) is 12.6. The summed E-state index contributed by atoms with van der Waals surface area (Å²) in [4.78, 5) is 101. The molecule has 0 saturated carbocycles. The van der Waals surface area contributed by atoms with Crippen molar-refractivity contribution < 1.29 is 66.8 Å². The largest absolute Gasteiger partial charge is 0.428 e. The van der Waals surface area contributed by atoms with Crippen molar-refractivity contribution in [1.29, 1.82) is 0 Å². The Morgan fingerprint density at radius 3 is 1.36 bits per heavy atom. The second kappa shape index (κ2) is 20.7. The molecule has 0 saturated heterocycles. The summed E-state index contributed by atoms with van der Waals surface area (Å²) in [7, 11) is 1.70. The van der Waals surface area contributed by atoms with Crippen LogP contribution in [0.1, 0.15) is 98.4 Å². The van der Waals surface area contributed by atoms with Gasteiger partial charge in [0.15, 0.2) is 0 Å². The molecule has 3 N–H and O–H groups in total. The van der Waals surface area contributed by atoms with Gasteiger partial charge in [-0.25, -0.2) is 9.59 Å². The van der Waals surface area contributed by atoms with Crippen molar-refractivity contribution in [2.45, 2.75) is 100 Å². The molecule has 17 nitrogen and oxygen atoms in total. The van der Waals surface area contributed by atoms with E-state index in [4.69, 9.17) is 28.4 Å². The molecule has 0 unspecified atom stereocenters. The zero-order valence-corrected chi connectivity index (χ0v) is 32.1. The van der Waals surface area contributed by atoms with Gasteiger partial charge in [-0.05, 0) is 99.4 Å². The number of hydrogen-bond acceptors (Lipinski definition) is 15. The lowest BCUT2D eigenvalue weighted by Gasteiger charge is -2.21. The van der Waals surface area contributed by atoms with Gasteiger partial charge in [0.2, 0.25) is 26.3 Å². The Hall–Kier alpha value is -5.22. The number of carbonyl (C=O) groups is 8. The number of benzene rings is 1. The third-order valence-corrected chi connectivity index (χ3v) is 6.97. The highest BCUT2D eigenvalue weighted by atomic mass is 16.7. The average Bonchev–Trinajstić information content (AvgIpc) is 3.06. The molecule has 0 aliphatic heterocycles. The van der Waals surface area contributed by atoms with Crippen LogP contribution >= 0.6 is 0 Å². The van der Waals surface area contributed by atoms with Crippen molar-refractivity contribution in [2.24, 2.45) is 16.2 Å². The number of amides is 2. The van der Waals surface area contributed by atoms with E-state index in [-0.39, 0.29) is 18.4 Å². The van der Waals surface area contributed by atoms with Gasteiger partial charge in [-0.3, -0.25) is 28.8 Å². The Morgan fingerprint density at radius 1 is 0.547 bits per heavy atom. The van der Waals surface area contributed by atoms with Crippen LogP contribution in [0.3, 0.4) is 0 Å². The number of ether oxygens (including phenoxy) is 6. The van der Waals surface area contributed by atoms with E-state index in [2.05, 4.69) is 16.0 Å². The summed E-state index contributed by atoms with van der Waals surface area (Å²) in [6.45, 7) is 12.2. The number of rotatable bonds is 18. The lowest BCUT2D eigenvalue weighted by molar-refractivity contribution is -0.176. The number of hydrogen-bond donors (Lipinski definition) is 3. The SMILES string of the molecule is CNc1ccc(C(=O)N[C@@H](CCC(=O)N[C@@H](CCC(=O)OCOC(=O)C(C)(C)C)C(=O)OCOC(=O)C(C)(C)C)C(=O)OCOC(=O)C(C)(C)C)cc1. The predicted molar refractivity (Wildman–Crippen MR) is 187 cm³/mol. The number of nitrogens with one attached hydrogen (secondary N) is 3. The van der Waals surface area contributed by atoms with Gasteiger partial charge in [0.05, 0.1) is 16.2 Å². The Balaban J connectivity index is 3.04. The Bertz CT molecular complexity index is 1450. The van der Waals surface area contributed by atoms with Gasteiger partial charge in [-0.15, -0.1) is 0 Å². The van der Waals surface area contributed by atoms with Crippen LogP contribution in [0.25, 0.3) is 0 Å². The molecular formula is C36H53N3O14. The van der Waals surface area contributed by atoms with Crippen LogP contribution in [0, 0.1) is 16.2 Å². The molecule has 0 aliphatic rings. The highest BCUT2D eigenvalue weighted by Crippen LogP contribution is 2.17. The van der Waals surface area contributed by atoms with E-state index < -0.39 is 109 Å². The summed E-state index contributed by atoms with van der Waals surface area (Å²) < 4.78 is 29.9. The van der Waals surface area contributed by atoms with Crippen LogP contribution in [-0.2, 0) is 62.0 Å². The minimum atomic E-state index is -1.46. The molecule has 0 fully saturated rings. The van der Waals surface area contributed by atoms with Gasteiger partial charge in [-0.2, -0.15) is 0 Å². The molecule has 0 aromatic heterocycles. The van der Waals surface area contributed by atoms with E-state index in [1.165, 1.54) is 12.1 Å². The van der Waals surface area contributed by atoms with Gasteiger partial charge in [0.1, 0.15) is 12.1 Å². The highest BCUT2D eigenvalue weighted by Gasteiger charge is 2.30. The molecule has 53 heavy (non-hydrogen) atoms. The second-order valence-corrected chi connectivity index (χ2v) is 14.9. The molecule has 0 bridgehead atoms. The molecule has 0 heterocycles. The first-order valence-corrected chi connectivity index (χ1v) is 16.8. The molecular weight excluding hydrogens is 698 g/mol. The van der Waals surface area contributed by atoms with E-state index >= 15 is 0 Å². The Labute approximate surface area is 309 Å². The van der Waals surface area contributed by atoms with E-state index in [0.717, 1.165) is 5.69 Å². The van der Waals surface area contributed by atoms with Crippen molar-refractivity contribution in [3.8, 4) is 0 Å². The summed E-state index contributed by atoms with van der Waals surface area (Å²) in [5.41, 5.74) is -1.68. The predicted octanol–water partition coefficient (Wildman–Crippen LogP) is 3.14. The summed E-state index contributed by atoms with van der Waals surface area (Å²) in [6, 6.07) is 3.44. The zero-order valence-electron chi connectivity index (χ0n) is 32.1. The van der Waals surface area contributed by atoms with Gasteiger partial charge in [-0.1, -0.05) is 0 Å². The summed E-state index contributed by atoms with van der Waals surface area (Å²) in [5.74, 6) is -6.30. The summed E-state index contributed by atoms with van der Waals surface area (Å²) in [6.07, 6.45) is -1.55. The van der Waals surface area contributed by atoms with Crippen LogP contribution in [-0.4, -0.2) is 87.1 Å². The first kappa shape index (κ1) is 45.8. The monoisotopic (exact) mass is 751 g/mol. The van der Waals surface area contributed by atoms with E-state index in [1.54, 1.807) is 81.5 Å². The summed E-state index contributed by atoms with van der Waals surface area (Å²) >= 11 is 0. The maximum atomic E-state index is 13.1. The van der Waals surface area contributed by atoms with Crippen molar-refractivity contribution in [3.63, 3.8) is 0 Å². The van der Waals surface area contributed by atoms with Gasteiger partial charge in [0.25, 0.3) is 5.91 Å². The fourth-order valence-corrected chi connectivity index (χ4v) is 3.69. The van der Waals surface area contributed by atoms with Crippen molar-refractivity contribution >= 4 is 53.3 Å². The van der Waals surface area contributed by atoms with Gasteiger partial charge in [0, 0.05) is 31.1 Å². The quantitative estimate of drug-likeness (QED) is 0.111. The lowest BCUT2D eigenvalue weighted by atomic mass is 9.97. The van der Waals surface area contributed by atoms with Crippen molar-refractivity contribution in [3.05, 3.63) is 29.8 Å². The first-order chi connectivity index (χ1) is 24.4. The zero-order chi connectivity index (χ0) is 40.6. The van der Waals surface area contributed by atoms with Crippen molar-refractivity contribution in [2.75, 3.05) is 32.7 Å². The minimum Gasteiger partial charge on any atom is -0.428 e. The topological polar surface area (TPSA) is 228 Å². The van der Waals surface area contributed by atoms with Crippen LogP contribution in [0.15, 0.2) is 24.3 Å². The smallest absolute Gasteiger partial charge is 0.331 e. The average molecular weight is 752 g/mol. The van der Waals surface area contributed by atoms with Crippen LogP contribution in [0.2, 0.25) is 0 Å². The van der Waals surface area contributed by atoms with Crippen LogP contribution < -0.4 is 16.0 Å². The van der Waals surface area contributed by atoms with Crippen LogP contribution in [0.4, 0.5) is 5.69 Å². The van der Waals surface area contributed by atoms with Gasteiger partial charge < -0.3 is 44.4 Å². The molecule has 17 heteroatoms. The number of esters is 6. The maximum absolute atomic E-state index is 13.1. The third-order valence-electron chi connectivity index (χ3n) is 6.97. The molecule has 0 radical (unpaired) electrons. The minimum absolute atomic E-state index is 0.195. The molecule has 0 spiro atoms. The van der Waals surface area contributed by atoms with Crippen molar-refractivity contribution in [1.82, 2.24) is 10.6 Å². The first-order valence-electron chi connectivity index (χ1n) is 16.8. The second-order valence-electron chi connectivity index (χ2n) is 14.9.